The van der Waals surface area contributed by atoms with E-state index in [1.165, 1.54) is 16.9 Å². The Labute approximate surface area is 137 Å². The van der Waals surface area contributed by atoms with Crippen molar-refractivity contribution in [1.82, 2.24) is 9.78 Å². The zero-order valence-corrected chi connectivity index (χ0v) is 13.2. The van der Waals surface area contributed by atoms with E-state index in [9.17, 15) is 13.6 Å². The van der Waals surface area contributed by atoms with Crippen molar-refractivity contribution in [2.75, 3.05) is 5.32 Å². The molecule has 0 fully saturated rings. The van der Waals surface area contributed by atoms with Gasteiger partial charge < -0.3 is 5.32 Å². The van der Waals surface area contributed by atoms with E-state index >= 15 is 0 Å². The van der Waals surface area contributed by atoms with E-state index < -0.39 is 17.5 Å². The number of amides is 1. The molecule has 0 aliphatic carbocycles. The van der Waals surface area contributed by atoms with Crippen molar-refractivity contribution in [3.05, 3.63) is 71.6 Å². The molecular weight excluding hydrogens is 312 g/mol. The number of aromatic nitrogens is 2. The maximum atomic E-state index is 14.3. The van der Waals surface area contributed by atoms with E-state index in [1.807, 2.05) is 6.07 Å². The third kappa shape index (κ3) is 2.90. The van der Waals surface area contributed by atoms with Gasteiger partial charge in [-0.3, -0.25) is 9.48 Å². The normalized spacial score (nSPS) is 10.7. The first-order valence-electron chi connectivity index (χ1n) is 7.32. The topological polar surface area (TPSA) is 46.9 Å². The van der Waals surface area contributed by atoms with Crippen LogP contribution in [-0.2, 0) is 7.05 Å². The fourth-order valence-corrected chi connectivity index (χ4v) is 2.53. The number of nitrogens with zero attached hydrogens (tertiary/aromatic N) is 2. The first-order chi connectivity index (χ1) is 11.5. The third-order valence-corrected chi connectivity index (χ3v) is 3.68. The SMILES string of the molecule is Cc1nn(C)cc1C(=O)Nc1c(-c2ccccc2)ccc(F)c1F. The van der Waals surface area contributed by atoms with Gasteiger partial charge in [-0.2, -0.15) is 5.10 Å². The van der Waals surface area contributed by atoms with Gasteiger partial charge in [0.25, 0.3) is 5.91 Å². The van der Waals surface area contributed by atoms with Crippen molar-refractivity contribution in [2.24, 2.45) is 7.05 Å². The minimum atomic E-state index is -1.09. The zero-order valence-electron chi connectivity index (χ0n) is 13.2. The number of carbonyl (C=O) groups excluding carboxylic acids is 1. The number of benzene rings is 2. The number of aryl methyl sites for hydroxylation is 2. The highest BCUT2D eigenvalue weighted by Gasteiger charge is 2.20. The van der Waals surface area contributed by atoms with Gasteiger partial charge in [0, 0.05) is 18.8 Å². The van der Waals surface area contributed by atoms with E-state index in [-0.39, 0.29) is 5.69 Å². The fourth-order valence-electron chi connectivity index (χ4n) is 2.53. The summed E-state index contributed by atoms with van der Waals surface area (Å²) in [7, 11) is 1.68. The smallest absolute Gasteiger partial charge is 0.259 e. The summed E-state index contributed by atoms with van der Waals surface area (Å²) in [6.45, 7) is 1.68. The maximum Gasteiger partial charge on any atom is 0.259 e. The van der Waals surface area contributed by atoms with Gasteiger partial charge in [0.1, 0.15) is 0 Å². The summed E-state index contributed by atoms with van der Waals surface area (Å²) in [5, 5.41) is 6.56. The highest BCUT2D eigenvalue weighted by molar-refractivity contribution is 6.06. The average molecular weight is 327 g/mol. The predicted octanol–water partition coefficient (Wildman–Crippen LogP) is 3.93. The number of hydrogen-bond donors (Lipinski definition) is 1. The van der Waals surface area contributed by atoms with Crippen LogP contribution in [-0.4, -0.2) is 15.7 Å². The van der Waals surface area contributed by atoms with E-state index in [1.54, 1.807) is 38.2 Å². The average Bonchev–Trinajstić information content (AvgIpc) is 2.91. The van der Waals surface area contributed by atoms with Crippen LogP contribution >= 0.6 is 0 Å². The lowest BCUT2D eigenvalue weighted by atomic mass is 10.0. The van der Waals surface area contributed by atoms with Gasteiger partial charge in [0.15, 0.2) is 11.6 Å². The summed E-state index contributed by atoms with van der Waals surface area (Å²) in [6.07, 6.45) is 1.53. The molecule has 0 saturated heterocycles. The fraction of sp³-hybridized carbons (Fsp3) is 0.111. The van der Waals surface area contributed by atoms with E-state index in [0.29, 0.717) is 22.4 Å². The molecule has 122 valence electrons. The summed E-state index contributed by atoms with van der Waals surface area (Å²) in [5.74, 6) is -2.65. The molecule has 6 heteroatoms. The van der Waals surface area contributed by atoms with Crippen molar-refractivity contribution in [1.29, 1.82) is 0 Å². The standard InChI is InChI=1S/C18H15F2N3O/c1-11-14(10-23(2)22-11)18(24)21-17-13(8-9-15(19)16(17)20)12-6-4-3-5-7-12/h3-10H,1-2H3,(H,21,24). The van der Waals surface area contributed by atoms with Crippen molar-refractivity contribution < 1.29 is 13.6 Å². The van der Waals surface area contributed by atoms with Crippen LogP contribution in [0.1, 0.15) is 16.1 Å². The third-order valence-electron chi connectivity index (χ3n) is 3.68. The number of anilines is 1. The molecule has 24 heavy (non-hydrogen) atoms. The Morgan fingerprint density at radius 1 is 1.12 bits per heavy atom. The zero-order chi connectivity index (χ0) is 17.3. The highest BCUT2D eigenvalue weighted by Crippen LogP contribution is 2.32. The van der Waals surface area contributed by atoms with Crippen molar-refractivity contribution in [3.63, 3.8) is 0 Å². The highest BCUT2D eigenvalue weighted by atomic mass is 19.2. The summed E-state index contributed by atoms with van der Waals surface area (Å²) in [5.41, 5.74) is 1.71. The van der Waals surface area contributed by atoms with Gasteiger partial charge in [0.2, 0.25) is 0 Å². The molecule has 4 nitrogen and oxygen atoms in total. The monoisotopic (exact) mass is 327 g/mol. The lowest BCUT2D eigenvalue weighted by Crippen LogP contribution is -2.15. The molecule has 2 aromatic carbocycles. The Hall–Kier alpha value is -3.02. The Bertz CT molecular complexity index is 904. The van der Waals surface area contributed by atoms with Gasteiger partial charge in [0.05, 0.1) is 16.9 Å². The first-order valence-corrected chi connectivity index (χ1v) is 7.32. The Kier molecular flexibility index (Phi) is 4.12. The molecule has 0 unspecified atom stereocenters. The molecule has 3 aromatic rings. The number of carbonyl (C=O) groups is 1. The van der Waals surface area contributed by atoms with Gasteiger partial charge in [-0.1, -0.05) is 30.3 Å². The van der Waals surface area contributed by atoms with Crippen LogP contribution in [0.5, 0.6) is 0 Å². The van der Waals surface area contributed by atoms with Crippen LogP contribution in [0.25, 0.3) is 11.1 Å². The summed E-state index contributed by atoms with van der Waals surface area (Å²) >= 11 is 0. The summed E-state index contributed by atoms with van der Waals surface area (Å²) < 4.78 is 29.5. The molecule has 0 radical (unpaired) electrons. The van der Waals surface area contributed by atoms with Gasteiger partial charge in [-0.25, -0.2) is 8.78 Å². The molecular formula is C18H15F2N3O. The quantitative estimate of drug-likeness (QED) is 0.792. The molecule has 1 N–H and O–H groups in total. The molecule has 0 aliphatic rings. The van der Waals surface area contributed by atoms with Gasteiger partial charge in [-0.15, -0.1) is 0 Å². The molecule has 0 saturated carbocycles. The van der Waals surface area contributed by atoms with Crippen LogP contribution in [0, 0.1) is 18.6 Å². The largest absolute Gasteiger partial charge is 0.319 e. The molecule has 0 spiro atoms. The molecule has 0 bridgehead atoms. The second kappa shape index (κ2) is 6.23. The van der Waals surface area contributed by atoms with Gasteiger partial charge >= 0.3 is 0 Å². The van der Waals surface area contributed by atoms with Crippen LogP contribution < -0.4 is 5.32 Å². The van der Waals surface area contributed by atoms with Crippen LogP contribution in [0.4, 0.5) is 14.5 Å². The van der Waals surface area contributed by atoms with Crippen LogP contribution in [0.3, 0.4) is 0 Å². The molecule has 0 atom stereocenters. The first kappa shape index (κ1) is 15.9. The van der Waals surface area contributed by atoms with Crippen molar-refractivity contribution >= 4 is 11.6 Å². The Morgan fingerprint density at radius 3 is 2.46 bits per heavy atom. The van der Waals surface area contributed by atoms with E-state index in [4.69, 9.17) is 0 Å². The number of halogens is 2. The number of rotatable bonds is 3. The lowest BCUT2D eigenvalue weighted by Gasteiger charge is -2.13. The second-order valence-electron chi connectivity index (χ2n) is 5.41. The Morgan fingerprint density at radius 2 is 1.83 bits per heavy atom. The van der Waals surface area contributed by atoms with E-state index in [0.717, 1.165) is 6.07 Å². The number of nitrogens with one attached hydrogen (secondary N) is 1. The predicted molar refractivity (Wildman–Crippen MR) is 87.7 cm³/mol. The molecule has 1 heterocycles. The minimum Gasteiger partial charge on any atom is -0.319 e. The maximum absolute atomic E-state index is 14.3. The lowest BCUT2D eigenvalue weighted by molar-refractivity contribution is 0.102. The van der Waals surface area contributed by atoms with E-state index in [2.05, 4.69) is 10.4 Å². The molecule has 3 rings (SSSR count). The molecule has 1 aromatic heterocycles. The van der Waals surface area contributed by atoms with Crippen molar-refractivity contribution in [3.8, 4) is 11.1 Å². The van der Waals surface area contributed by atoms with Gasteiger partial charge in [-0.05, 0) is 24.6 Å². The summed E-state index contributed by atoms with van der Waals surface area (Å²) in [6, 6.07) is 11.4. The van der Waals surface area contributed by atoms with Crippen LogP contribution in [0.2, 0.25) is 0 Å². The Balaban J connectivity index is 2.05. The minimum absolute atomic E-state index is 0.186. The van der Waals surface area contributed by atoms with Crippen LogP contribution in [0.15, 0.2) is 48.7 Å². The second-order valence-corrected chi connectivity index (χ2v) is 5.41. The van der Waals surface area contributed by atoms with Crippen molar-refractivity contribution in [2.45, 2.75) is 6.92 Å². The number of hydrogen-bond acceptors (Lipinski definition) is 2. The summed E-state index contributed by atoms with van der Waals surface area (Å²) in [4.78, 5) is 12.4. The molecule has 0 aliphatic heterocycles. The molecule has 1 amide bonds.